The normalized spacial score (nSPS) is 15.4. The second kappa shape index (κ2) is 5.86. The molecule has 1 unspecified atom stereocenters. The molecule has 0 fully saturated rings. The Morgan fingerprint density at radius 1 is 1.13 bits per heavy atom. The highest BCUT2D eigenvalue weighted by Crippen LogP contribution is 2.24. The van der Waals surface area contributed by atoms with Crippen LogP contribution in [0.4, 0.5) is 0 Å². The van der Waals surface area contributed by atoms with Gasteiger partial charge in [-0.2, -0.15) is 0 Å². The van der Waals surface area contributed by atoms with Crippen LogP contribution in [0.15, 0.2) is 0 Å². The standard InChI is InChI=1S/C13H30N2/c1-11(12(2,3)4)10-15-9-7-8-13(5,6)14/h11,15H,7-10,14H2,1-6H3. The zero-order chi connectivity index (χ0) is 12.1. The van der Waals surface area contributed by atoms with Crippen LogP contribution in [0, 0.1) is 11.3 Å². The van der Waals surface area contributed by atoms with Crippen LogP contribution in [-0.4, -0.2) is 18.6 Å². The lowest BCUT2D eigenvalue weighted by Gasteiger charge is -2.27. The summed E-state index contributed by atoms with van der Waals surface area (Å²) >= 11 is 0. The van der Waals surface area contributed by atoms with Gasteiger partial charge < -0.3 is 11.1 Å². The third-order valence-corrected chi connectivity index (χ3v) is 3.10. The largest absolute Gasteiger partial charge is 0.326 e. The highest BCUT2D eigenvalue weighted by atomic mass is 14.9. The molecule has 3 N–H and O–H groups in total. The van der Waals surface area contributed by atoms with E-state index in [1.165, 1.54) is 6.42 Å². The summed E-state index contributed by atoms with van der Waals surface area (Å²) in [7, 11) is 0. The van der Waals surface area contributed by atoms with Crippen molar-refractivity contribution in [2.75, 3.05) is 13.1 Å². The summed E-state index contributed by atoms with van der Waals surface area (Å²) in [6.07, 6.45) is 2.25. The first-order valence-electron chi connectivity index (χ1n) is 6.12. The van der Waals surface area contributed by atoms with Crippen molar-refractivity contribution in [3.05, 3.63) is 0 Å². The zero-order valence-corrected chi connectivity index (χ0v) is 11.5. The van der Waals surface area contributed by atoms with Crippen LogP contribution >= 0.6 is 0 Å². The van der Waals surface area contributed by atoms with Crippen LogP contribution in [0.3, 0.4) is 0 Å². The molecule has 0 aromatic carbocycles. The summed E-state index contributed by atoms with van der Waals surface area (Å²) in [6.45, 7) is 15.6. The van der Waals surface area contributed by atoms with E-state index in [0.29, 0.717) is 11.3 Å². The Labute approximate surface area is 96.0 Å². The van der Waals surface area contributed by atoms with Crippen LogP contribution in [0.25, 0.3) is 0 Å². The highest BCUT2D eigenvalue weighted by molar-refractivity contribution is 4.74. The van der Waals surface area contributed by atoms with Gasteiger partial charge in [0, 0.05) is 5.54 Å². The average Bonchev–Trinajstić information content (AvgIpc) is 1.99. The first kappa shape index (κ1) is 14.9. The van der Waals surface area contributed by atoms with Crippen molar-refractivity contribution in [2.24, 2.45) is 17.1 Å². The molecule has 0 aromatic rings. The lowest BCUT2D eigenvalue weighted by molar-refractivity contribution is 0.252. The van der Waals surface area contributed by atoms with E-state index < -0.39 is 0 Å². The zero-order valence-electron chi connectivity index (χ0n) is 11.5. The maximum Gasteiger partial charge on any atom is 0.00975 e. The van der Waals surface area contributed by atoms with E-state index in [-0.39, 0.29) is 5.54 Å². The Morgan fingerprint density at radius 2 is 1.67 bits per heavy atom. The second-order valence-electron chi connectivity index (χ2n) is 6.56. The molecule has 0 aliphatic heterocycles. The molecule has 15 heavy (non-hydrogen) atoms. The third-order valence-electron chi connectivity index (χ3n) is 3.10. The summed E-state index contributed by atoms with van der Waals surface area (Å²) < 4.78 is 0. The van der Waals surface area contributed by atoms with E-state index in [4.69, 9.17) is 5.73 Å². The molecule has 0 amide bonds. The molecule has 2 nitrogen and oxygen atoms in total. The fraction of sp³-hybridized carbons (Fsp3) is 1.00. The van der Waals surface area contributed by atoms with Gasteiger partial charge in [0.2, 0.25) is 0 Å². The molecule has 0 saturated carbocycles. The van der Waals surface area contributed by atoms with Gasteiger partial charge in [0.05, 0.1) is 0 Å². The predicted molar refractivity (Wildman–Crippen MR) is 69.0 cm³/mol. The lowest BCUT2D eigenvalue weighted by atomic mass is 9.82. The maximum absolute atomic E-state index is 5.92. The monoisotopic (exact) mass is 214 g/mol. The van der Waals surface area contributed by atoms with Crippen molar-refractivity contribution < 1.29 is 0 Å². The number of nitrogens with two attached hydrogens (primary N) is 1. The van der Waals surface area contributed by atoms with Gasteiger partial charge in [-0.05, 0) is 51.1 Å². The van der Waals surface area contributed by atoms with Gasteiger partial charge in [-0.25, -0.2) is 0 Å². The Balaban J connectivity index is 3.48. The molecule has 0 bridgehead atoms. The molecule has 0 spiro atoms. The number of hydrogen-bond acceptors (Lipinski definition) is 2. The van der Waals surface area contributed by atoms with Crippen molar-refractivity contribution in [2.45, 2.75) is 59.9 Å². The summed E-state index contributed by atoms with van der Waals surface area (Å²) in [6, 6.07) is 0. The summed E-state index contributed by atoms with van der Waals surface area (Å²) in [5, 5.41) is 3.51. The Kier molecular flexibility index (Phi) is 5.82. The predicted octanol–water partition coefficient (Wildman–Crippen LogP) is 2.78. The molecule has 1 atom stereocenters. The van der Waals surface area contributed by atoms with Crippen molar-refractivity contribution in [1.82, 2.24) is 5.32 Å². The molecule has 0 aliphatic carbocycles. The minimum absolute atomic E-state index is 0.0165. The molecule has 0 saturated heterocycles. The average molecular weight is 214 g/mol. The van der Waals surface area contributed by atoms with E-state index in [1.54, 1.807) is 0 Å². The Hall–Kier alpha value is -0.0800. The minimum Gasteiger partial charge on any atom is -0.326 e. The molecular formula is C13H30N2. The SMILES string of the molecule is CC(CNCCCC(C)(C)N)C(C)(C)C. The van der Waals surface area contributed by atoms with E-state index in [9.17, 15) is 0 Å². The van der Waals surface area contributed by atoms with Crippen molar-refractivity contribution >= 4 is 0 Å². The summed E-state index contributed by atoms with van der Waals surface area (Å²) in [4.78, 5) is 0. The van der Waals surface area contributed by atoms with Crippen molar-refractivity contribution in [1.29, 1.82) is 0 Å². The summed E-state index contributed by atoms with van der Waals surface area (Å²) in [5.74, 6) is 0.711. The first-order chi connectivity index (χ1) is 6.63. The van der Waals surface area contributed by atoms with Gasteiger partial charge in [0.1, 0.15) is 0 Å². The van der Waals surface area contributed by atoms with Crippen LogP contribution in [-0.2, 0) is 0 Å². The van der Waals surface area contributed by atoms with Crippen LogP contribution in [0.2, 0.25) is 0 Å². The fourth-order valence-corrected chi connectivity index (χ4v) is 1.29. The van der Waals surface area contributed by atoms with Gasteiger partial charge >= 0.3 is 0 Å². The minimum atomic E-state index is -0.0165. The Morgan fingerprint density at radius 3 is 2.07 bits per heavy atom. The quantitative estimate of drug-likeness (QED) is 0.667. The first-order valence-corrected chi connectivity index (χ1v) is 6.12. The molecule has 0 aromatic heterocycles. The fourth-order valence-electron chi connectivity index (χ4n) is 1.29. The van der Waals surface area contributed by atoms with Crippen molar-refractivity contribution in [3.8, 4) is 0 Å². The van der Waals surface area contributed by atoms with E-state index in [1.807, 2.05) is 0 Å². The number of nitrogens with one attached hydrogen (secondary N) is 1. The third kappa shape index (κ3) is 8.88. The molecule has 92 valence electrons. The van der Waals surface area contributed by atoms with Gasteiger partial charge in [-0.1, -0.05) is 27.7 Å². The summed E-state index contributed by atoms with van der Waals surface area (Å²) in [5.41, 5.74) is 6.31. The van der Waals surface area contributed by atoms with Crippen LogP contribution < -0.4 is 11.1 Å². The van der Waals surface area contributed by atoms with Crippen molar-refractivity contribution in [3.63, 3.8) is 0 Å². The highest BCUT2D eigenvalue weighted by Gasteiger charge is 2.19. The smallest absolute Gasteiger partial charge is 0.00975 e. The van der Waals surface area contributed by atoms with Gasteiger partial charge in [-0.15, -0.1) is 0 Å². The lowest BCUT2D eigenvalue weighted by Crippen LogP contribution is -2.34. The van der Waals surface area contributed by atoms with E-state index in [0.717, 1.165) is 19.5 Å². The second-order valence-corrected chi connectivity index (χ2v) is 6.56. The van der Waals surface area contributed by atoms with Crippen LogP contribution in [0.1, 0.15) is 54.4 Å². The number of hydrogen-bond donors (Lipinski definition) is 2. The van der Waals surface area contributed by atoms with Gasteiger partial charge in [-0.3, -0.25) is 0 Å². The molecule has 0 radical (unpaired) electrons. The van der Waals surface area contributed by atoms with Gasteiger partial charge in [0.15, 0.2) is 0 Å². The molecule has 0 heterocycles. The van der Waals surface area contributed by atoms with Crippen LogP contribution in [0.5, 0.6) is 0 Å². The van der Waals surface area contributed by atoms with Gasteiger partial charge in [0.25, 0.3) is 0 Å². The van der Waals surface area contributed by atoms with E-state index >= 15 is 0 Å². The molecule has 0 rings (SSSR count). The van der Waals surface area contributed by atoms with E-state index in [2.05, 4.69) is 46.9 Å². The topological polar surface area (TPSA) is 38.0 Å². The molecular weight excluding hydrogens is 184 g/mol. The Bertz CT molecular complexity index is 162. The molecule has 0 aliphatic rings. The molecule has 2 heteroatoms. The number of rotatable bonds is 6. The maximum atomic E-state index is 5.92.